The Morgan fingerprint density at radius 2 is 2.29 bits per heavy atom. The number of ether oxygens (including phenoxy) is 1. The first-order chi connectivity index (χ1) is 6.65. The van der Waals surface area contributed by atoms with Gasteiger partial charge >= 0.3 is 0 Å². The van der Waals surface area contributed by atoms with E-state index in [0.29, 0.717) is 0 Å². The fourth-order valence-electron chi connectivity index (χ4n) is 1.62. The third-order valence-corrected chi connectivity index (χ3v) is 2.89. The van der Waals surface area contributed by atoms with Crippen molar-refractivity contribution in [1.29, 1.82) is 0 Å². The van der Waals surface area contributed by atoms with Gasteiger partial charge in [0.2, 0.25) is 0 Å². The van der Waals surface area contributed by atoms with Gasteiger partial charge in [-0.3, -0.25) is 0 Å². The summed E-state index contributed by atoms with van der Waals surface area (Å²) in [5.74, 6) is 1.12. The Balaban J connectivity index is 2.58. The van der Waals surface area contributed by atoms with Crippen LogP contribution in [0.1, 0.15) is 40.0 Å². The van der Waals surface area contributed by atoms with Gasteiger partial charge in [0.1, 0.15) is 0 Å². The van der Waals surface area contributed by atoms with Crippen LogP contribution in [0.2, 0.25) is 0 Å². The Morgan fingerprint density at radius 3 is 2.79 bits per heavy atom. The molecule has 1 rings (SSSR count). The molecule has 0 saturated carbocycles. The van der Waals surface area contributed by atoms with Gasteiger partial charge in [0.15, 0.2) is 0 Å². The Morgan fingerprint density at radius 1 is 1.57 bits per heavy atom. The zero-order chi connectivity index (χ0) is 10.6. The molecule has 0 aliphatic carbocycles. The molecule has 1 unspecified atom stereocenters. The van der Waals surface area contributed by atoms with Crippen molar-refractivity contribution >= 4 is 0 Å². The molecule has 0 aromatic carbocycles. The fraction of sp³-hybridized carbons (Fsp3) is 0.667. The molecule has 1 atom stereocenters. The van der Waals surface area contributed by atoms with Crippen LogP contribution in [0, 0.1) is 0 Å². The number of hydrogen-bond donors (Lipinski definition) is 1. The highest BCUT2D eigenvalue weighted by molar-refractivity contribution is 5.20. The van der Waals surface area contributed by atoms with Crippen LogP contribution in [0.15, 0.2) is 23.0 Å². The summed E-state index contributed by atoms with van der Waals surface area (Å²) in [6.07, 6.45) is 5.17. The maximum atomic E-state index is 5.97. The maximum absolute atomic E-state index is 5.97. The van der Waals surface area contributed by atoms with Crippen molar-refractivity contribution in [1.82, 2.24) is 0 Å². The lowest BCUT2D eigenvalue weighted by Crippen LogP contribution is -2.21. The van der Waals surface area contributed by atoms with E-state index in [1.54, 1.807) is 0 Å². The van der Waals surface area contributed by atoms with Crippen LogP contribution < -0.4 is 5.73 Å². The molecule has 80 valence electrons. The molecule has 1 aliphatic heterocycles. The van der Waals surface area contributed by atoms with Crippen molar-refractivity contribution in [2.24, 2.45) is 5.73 Å². The zero-order valence-corrected chi connectivity index (χ0v) is 9.47. The molecule has 0 amide bonds. The lowest BCUT2D eigenvalue weighted by molar-refractivity contribution is 0.238. The number of hydrogen-bond acceptors (Lipinski definition) is 2. The highest BCUT2D eigenvalue weighted by atomic mass is 16.5. The topological polar surface area (TPSA) is 35.2 Å². The van der Waals surface area contributed by atoms with Crippen molar-refractivity contribution in [3.05, 3.63) is 23.0 Å². The molecule has 0 fully saturated rings. The third kappa shape index (κ3) is 2.88. The summed E-state index contributed by atoms with van der Waals surface area (Å²) in [6.45, 7) is 7.24. The number of nitrogens with two attached hydrogens (primary N) is 1. The Labute approximate surface area is 86.8 Å². The van der Waals surface area contributed by atoms with Crippen molar-refractivity contribution < 1.29 is 4.74 Å². The summed E-state index contributed by atoms with van der Waals surface area (Å²) in [5.41, 5.74) is 8.64. The van der Waals surface area contributed by atoms with Crippen LogP contribution in [0.5, 0.6) is 0 Å². The molecule has 2 nitrogen and oxygen atoms in total. The molecule has 1 heterocycles. The molecular weight excluding hydrogens is 174 g/mol. The van der Waals surface area contributed by atoms with E-state index in [0.717, 1.165) is 31.6 Å². The van der Waals surface area contributed by atoms with E-state index in [4.69, 9.17) is 10.5 Å². The first-order valence-corrected chi connectivity index (χ1v) is 5.38. The molecule has 0 radical (unpaired) electrons. The summed E-state index contributed by atoms with van der Waals surface area (Å²) in [6, 6.07) is 0.206. The summed E-state index contributed by atoms with van der Waals surface area (Å²) in [5, 5.41) is 0. The van der Waals surface area contributed by atoms with Gasteiger partial charge in [0, 0.05) is 18.9 Å². The number of rotatable bonds is 4. The minimum atomic E-state index is 0.206. The van der Waals surface area contributed by atoms with E-state index in [1.165, 1.54) is 11.1 Å². The van der Waals surface area contributed by atoms with Crippen LogP contribution >= 0.6 is 0 Å². The van der Waals surface area contributed by atoms with Crippen molar-refractivity contribution in [2.45, 2.75) is 46.1 Å². The molecule has 2 heteroatoms. The van der Waals surface area contributed by atoms with E-state index in [-0.39, 0.29) is 6.04 Å². The zero-order valence-electron chi connectivity index (χ0n) is 9.47. The van der Waals surface area contributed by atoms with Crippen LogP contribution in [0.3, 0.4) is 0 Å². The minimum Gasteiger partial charge on any atom is -0.498 e. The van der Waals surface area contributed by atoms with Crippen molar-refractivity contribution in [2.75, 3.05) is 6.61 Å². The monoisotopic (exact) mass is 195 g/mol. The summed E-state index contributed by atoms with van der Waals surface area (Å²) < 4.78 is 5.47. The summed E-state index contributed by atoms with van der Waals surface area (Å²) >= 11 is 0. The standard InChI is InChI=1S/C12H21NO/c1-4-12(13)10(3)9(2)8-11-6-5-7-14-11/h6,12H,4-5,7-8,13H2,1-3H3/b10-9-. The number of allylic oxidation sites excluding steroid dienone is 1. The second kappa shape index (κ2) is 5.20. The smallest absolute Gasteiger partial charge is 0.0961 e. The van der Waals surface area contributed by atoms with E-state index in [9.17, 15) is 0 Å². The highest BCUT2D eigenvalue weighted by Crippen LogP contribution is 2.21. The largest absolute Gasteiger partial charge is 0.498 e. The van der Waals surface area contributed by atoms with Gasteiger partial charge in [-0.25, -0.2) is 0 Å². The summed E-state index contributed by atoms with van der Waals surface area (Å²) in [7, 11) is 0. The van der Waals surface area contributed by atoms with E-state index in [2.05, 4.69) is 26.8 Å². The predicted molar refractivity (Wildman–Crippen MR) is 59.9 cm³/mol. The molecule has 0 spiro atoms. The van der Waals surface area contributed by atoms with Crippen LogP contribution in [-0.2, 0) is 4.74 Å². The van der Waals surface area contributed by atoms with Gasteiger partial charge in [-0.2, -0.15) is 0 Å². The quantitative estimate of drug-likeness (QED) is 0.700. The molecule has 1 aliphatic rings. The molecule has 0 saturated heterocycles. The van der Waals surface area contributed by atoms with Gasteiger partial charge in [-0.15, -0.1) is 0 Å². The minimum absolute atomic E-state index is 0.206. The Kier molecular flexibility index (Phi) is 4.21. The third-order valence-electron chi connectivity index (χ3n) is 2.89. The SMILES string of the molecule is CCC(N)/C(C)=C(/C)CC1=CCCO1. The first-order valence-electron chi connectivity index (χ1n) is 5.38. The van der Waals surface area contributed by atoms with Gasteiger partial charge in [-0.05, 0) is 26.3 Å². The van der Waals surface area contributed by atoms with E-state index >= 15 is 0 Å². The van der Waals surface area contributed by atoms with Crippen LogP contribution in [0.25, 0.3) is 0 Å². The average Bonchev–Trinajstić information content (AvgIpc) is 2.68. The molecule has 0 aromatic heterocycles. The fourth-order valence-corrected chi connectivity index (χ4v) is 1.62. The van der Waals surface area contributed by atoms with Crippen LogP contribution in [0.4, 0.5) is 0 Å². The van der Waals surface area contributed by atoms with E-state index < -0.39 is 0 Å². The second-order valence-electron chi connectivity index (χ2n) is 3.96. The van der Waals surface area contributed by atoms with E-state index in [1.807, 2.05) is 0 Å². The molecule has 0 bridgehead atoms. The lowest BCUT2D eigenvalue weighted by atomic mass is 9.99. The maximum Gasteiger partial charge on any atom is 0.0961 e. The summed E-state index contributed by atoms with van der Waals surface area (Å²) in [4.78, 5) is 0. The van der Waals surface area contributed by atoms with Gasteiger partial charge in [0.25, 0.3) is 0 Å². The molecule has 14 heavy (non-hydrogen) atoms. The highest BCUT2D eigenvalue weighted by Gasteiger charge is 2.10. The van der Waals surface area contributed by atoms with Gasteiger partial charge in [0.05, 0.1) is 12.4 Å². The Bertz CT molecular complexity index is 253. The molecule has 2 N–H and O–H groups in total. The first kappa shape index (κ1) is 11.3. The normalized spacial score (nSPS) is 19.9. The second-order valence-corrected chi connectivity index (χ2v) is 3.96. The molecular formula is C12H21NO. The van der Waals surface area contributed by atoms with Crippen LogP contribution in [-0.4, -0.2) is 12.6 Å². The predicted octanol–water partition coefficient (Wildman–Crippen LogP) is 2.75. The molecule has 0 aromatic rings. The lowest BCUT2D eigenvalue weighted by Gasteiger charge is -2.14. The van der Waals surface area contributed by atoms with Gasteiger partial charge in [-0.1, -0.05) is 18.1 Å². The van der Waals surface area contributed by atoms with Crippen molar-refractivity contribution in [3.8, 4) is 0 Å². The average molecular weight is 195 g/mol. The van der Waals surface area contributed by atoms with Crippen molar-refractivity contribution in [3.63, 3.8) is 0 Å². The Hall–Kier alpha value is -0.760. The van der Waals surface area contributed by atoms with Gasteiger partial charge < -0.3 is 10.5 Å².